The molecule has 0 radical (unpaired) electrons. The van der Waals surface area contributed by atoms with Gasteiger partial charge < -0.3 is 14.4 Å². The molecule has 3 rings (SSSR count). The van der Waals surface area contributed by atoms with Gasteiger partial charge in [-0.3, -0.25) is 4.79 Å². The van der Waals surface area contributed by atoms with E-state index < -0.39 is 0 Å². The Morgan fingerprint density at radius 1 is 1.33 bits per heavy atom. The zero-order valence-corrected chi connectivity index (χ0v) is 10.6. The molecule has 1 aromatic rings. The molecule has 2 aliphatic rings. The van der Waals surface area contributed by atoms with E-state index in [1.165, 1.54) is 0 Å². The van der Waals surface area contributed by atoms with Gasteiger partial charge in [-0.05, 0) is 18.1 Å². The maximum Gasteiger partial charge on any atom is 0.225 e. The highest BCUT2D eigenvalue weighted by atomic mass is 16.5. The molecular weight excluding hydrogens is 230 g/mol. The SMILES string of the molecule is COc1ccc([C@H]2OC[C@@H]3C(C)CC(=O)N23)cc1. The lowest BCUT2D eigenvalue weighted by Crippen LogP contribution is -2.32. The van der Waals surface area contributed by atoms with Gasteiger partial charge in [-0.1, -0.05) is 19.1 Å². The Hall–Kier alpha value is -1.55. The molecule has 1 amide bonds. The molecule has 2 saturated heterocycles. The molecule has 0 saturated carbocycles. The van der Waals surface area contributed by atoms with E-state index >= 15 is 0 Å². The van der Waals surface area contributed by atoms with Crippen LogP contribution < -0.4 is 4.74 Å². The number of benzene rings is 1. The van der Waals surface area contributed by atoms with Gasteiger partial charge in [0.2, 0.25) is 5.91 Å². The third-order valence-corrected chi connectivity index (χ3v) is 3.88. The van der Waals surface area contributed by atoms with Gasteiger partial charge >= 0.3 is 0 Å². The molecular formula is C14H17NO3. The first-order valence-electron chi connectivity index (χ1n) is 6.27. The van der Waals surface area contributed by atoms with Gasteiger partial charge in [0.05, 0.1) is 19.8 Å². The average molecular weight is 247 g/mol. The van der Waals surface area contributed by atoms with Crippen molar-refractivity contribution in [3.05, 3.63) is 29.8 Å². The normalized spacial score (nSPS) is 30.7. The second kappa shape index (κ2) is 4.28. The van der Waals surface area contributed by atoms with Crippen molar-refractivity contribution in [2.45, 2.75) is 25.6 Å². The predicted molar refractivity (Wildman–Crippen MR) is 66.1 cm³/mol. The van der Waals surface area contributed by atoms with Crippen LogP contribution in [0.25, 0.3) is 0 Å². The lowest BCUT2D eigenvalue weighted by molar-refractivity contribution is -0.134. The summed E-state index contributed by atoms with van der Waals surface area (Å²) in [5.41, 5.74) is 1.01. The largest absolute Gasteiger partial charge is 0.497 e. The average Bonchev–Trinajstić information content (AvgIpc) is 2.93. The second-order valence-electron chi connectivity index (χ2n) is 5.01. The number of fused-ring (bicyclic) bond motifs is 1. The van der Waals surface area contributed by atoms with Crippen LogP contribution in [0.5, 0.6) is 5.75 Å². The van der Waals surface area contributed by atoms with Crippen LogP contribution in [0.3, 0.4) is 0 Å². The van der Waals surface area contributed by atoms with Crippen molar-refractivity contribution in [3.8, 4) is 5.75 Å². The van der Waals surface area contributed by atoms with Crippen molar-refractivity contribution < 1.29 is 14.3 Å². The van der Waals surface area contributed by atoms with Crippen LogP contribution in [-0.4, -0.2) is 30.6 Å². The Kier molecular flexibility index (Phi) is 2.74. The third kappa shape index (κ3) is 1.68. The van der Waals surface area contributed by atoms with Gasteiger partial charge in [0, 0.05) is 12.0 Å². The molecule has 1 unspecified atom stereocenters. The lowest BCUT2D eigenvalue weighted by Gasteiger charge is -2.23. The Balaban J connectivity index is 1.86. The summed E-state index contributed by atoms with van der Waals surface area (Å²) in [4.78, 5) is 13.9. The summed E-state index contributed by atoms with van der Waals surface area (Å²) in [6.45, 7) is 2.76. The Morgan fingerprint density at radius 2 is 2.06 bits per heavy atom. The highest BCUT2D eigenvalue weighted by Crippen LogP contribution is 2.40. The van der Waals surface area contributed by atoms with E-state index in [0.29, 0.717) is 18.9 Å². The molecule has 2 aliphatic heterocycles. The van der Waals surface area contributed by atoms with Crippen molar-refractivity contribution in [1.29, 1.82) is 0 Å². The lowest BCUT2D eigenvalue weighted by atomic mass is 10.0. The molecule has 4 nitrogen and oxygen atoms in total. The standard InChI is InChI=1S/C14H17NO3/c1-9-7-13(16)15-12(9)8-18-14(15)10-3-5-11(17-2)6-4-10/h3-6,9,12,14H,7-8H2,1-2H3/t9?,12-,14-/m1/s1. The molecule has 1 aromatic carbocycles. The Labute approximate surface area is 106 Å². The number of amides is 1. The molecule has 0 spiro atoms. The molecule has 18 heavy (non-hydrogen) atoms. The van der Waals surface area contributed by atoms with Crippen molar-refractivity contribution in [3.63, 3.8) is 0 Å². The molecule has 2 heterocycles. The van der Waals surface area contributed by atoms with Crippen molar-refractivity contribution in [2.75, 3.05) is 13.7 Å². The monoisotopic (exact) mass is 247 g/mol. The van der Waals surface area contributed by atoms with E-state index in [-0.39, 0.29) is 18.2 Å². The van der Waals surface area contributed by atoms with Gasteiger partial charge in [-0.15, -0.1) is 0 Å². The zero-order chi connectivity index (χ0) is 12.7. The molecule has 2 fully saturated rings. The fourth-order valence-corrected chi connectivity index (χ4v) is 2.82. The highest BCUT2D eigenvalue weighted by molar-refractivity contribution is 5.80. The number of carbonyl (C=O) groups is 1. The van der Waals surface area contributed by atoms with Gasteiger partial charge in [0.25, 0.3) is 0 Å². The van der Waals surface area contributed by atoms with E-state index in [2.05, 4.69) is 6.92 Å². The zero-order valence-electron chi connectivity index (χ0n) is 10.6. The smallest absolute Gasteiger partial charge is 0.225 e. The predicted octanol–water partition coefficient (Wildman–Crippen LogP) is 1.96. The quantitative estimate of drug-likeness (QED) is 0.802. The number of carbonyl (C=O) groups excluding carboxylic acids is 1. The summed E-state index contributed by atoms with van der Waals surface area (Å²) in [7, 11) is 1.64. The van der Waals surface area contributed by atoms with E-state index in [1.54, 1.807) is 7.11 Å². The van der Waals surface area contributed by atoms with Crippen LogP contribution >= 0.6 is 0 Å². The van der Waals surface area contributed by atoms with E-state index in [4.69, 9.17) is 9.47 Å². The summed E-state index contributed by atoms with van der Waals surface area (Å²) in [5.74, 6) is 1.40. The van der Waals surface area contributed by atoms with Crippen LogP contribution in [0.4, 0.5) is 0 Å². The maximum absolute atomic E-state index is 12.0. The highest BCUT2D eigenvalue weighted by Gasteiger charge is 2.46. The Morgan fingerprint density at radius 3 is 2.72 bits per heavy atom. The number of rotatable bonds is 2. The van der Waals surface area contributed by atoms with Gasteiger partial charge in [0.15, 0.2) is 6.23 Å². The van der Waals surface area contributed by atoms with E-state index in [1.807, 2.05) is 29.2 Å². The van der Waals surface area contributed by atoms with Crippen LogP contribution in [-0.2, 0) is 9.53 Å². The topological polar surface area (TPSA) is 38.8 Å². The first-order valence-corrected chi connectivity index (χ1v) is 6.27. The van der Waals surface area contributed by atoms with Crippen LogP contribution in [0.15, 0.2) is 24.3 Å². The van der Waals surface area contributed by atoms with E-state index in [9.17, 15) is 4.79 Å². The molecule has 4 heteroatoms. The minimum atomic E-state index is -0.224. The van der Waals surface area contributed by atoms with E-state index in [0.717, 1.165) is 11.3 Å². The van der Waals surface area contributed by atoms with Crippen LogP contribution in [0.2, 0.25) is 0 Å². The summed E-state index contributed by atoms with van der Waals surface area (Å²) < 4.78 is 10.9. The molecule has 0 aliphatic carbocycles. The molecule has 3 atom stereocenters. The summed E-state index contributed by atoms with van der Waals surface area (Å²) in [6, 6.07) is 7.96. The maximum atomic E-state index is 12.0. The molecule has 0 N–H and O–H groups in total. The third-order valence-electron chi connectivity index (χ3n) is 3.88. The fraction of sp³-hybridized carbons (Fsp3) is 0.500. The number of hydrogen-bond acceptors (Lipinski definition) is 3. The number of hydrogen-bond donors (Lipinski definition) is 0. The summed E-state index contributed by atoms with van der Waals surface area (Å²) >= 11 is 0. The van der Waals surface area contributed by atoms with Gasteiger partial charge in [-0.2, -0.15) is 0 Å². The molecule has 96 valence electrons. The first-order chi connectivity index (χ1) is 8.70. The van der Waals surface area contributed by atoms with Crippen LogP contribution in [0, 0.1) is 5.92 Å². The van der Waals surface area contributed by atoms with Gasteiger partial charge in [0.1, 0.15) is 5.75 Å². The van der Waals surface area contributed by atoms with Crippen molar-refractivity contribution in [2.24, 2.45) is 5.92 Å². The first kappa shape index (κ1) is 11.5. The molecule has 0 aromatic heterocycles. The molecule has 0 bridgehead atoms. The minimum Gasteiger partial charge on any atom is -0.497 e. The summed E-state index contributed by atoms with van der Waals surface area (Å²) in [5, 5.41) is 0. The van der Waals surface area contributed by atoms with Crippen molar-refractivity contribution in [1.82, 2.24) is 4.90 Å². The summed E-state index contributed by atoms with van der Waals surface area (Å²) in [6.07, 6.45) is 0.416. The number of ether oxygens (including phenoxy) is 2. The van der Waals surface area contributed by atoms with Gasteiger partial charge in [-0.25, -0.2) is 0 Å². The Bertz CT molecular complexity index is 457. The number of methoxy groups -OCH3 is 1. The van der Waals surface area contributed by atoms with Crippen LogP contribution in [0.1, 0.15) is 25.1 Å². The fourth-order valence-electron chi connectivity index (χ4n) is 2.82. The van der Waals surface area contributed by atoms with Crippen molar-refractivity contribution >= 4 is 5.91 Å². The minimum absolute atomic E-state index is 0.200. The second-order valence-corrected chi connectivity index (χ2v) is 5.01. The number of nitrogens with zero attached hydrogens (tertiary/aromatic N) is 1.